The van der Waals surface area contributed by atoms with Gasteiger partial charge in [0.25, 0.3) is 5.91 Å². The Bertz CT molecular complexity index is 972. The highest BCUT2D eigenvalue weighted by molar-refractivity contribution is 6.30. The van der Waals surface area contributed by atoms with Gasteiger partial charge in [-0.3, -0.25) is 4.79 Å². The van der Waals surface area contributed by atoms with Crippen molar-refractivity contribution >= 4 is 34.7 Å². The van der Waals surface area contributed by atoms with Gasteiger partial charge >= 0.3 is 0 Å². The maximum atomic E-state index is 12.5. The highest BCUT2D eigenvalue weighted by Crippen LogP contribution is 2.20. The first-order valence-corrected chi connectivity index (χ1v) is 8.55. The van der Waals surface area contributed by atoms with Crippen LogP contribution in [0.3, 0.4) is 0 Å². The lowest BCUT2D eigenvalue weighted by atomic mass is 10.1. The van der Waals surface area contributed by atoms with E-state index in [-0.39, 0.29) is 11.6 Å². The molecule has 0 aliphatic rings. The van der Waals surface area contributed by atoms with Crippen LogP contribution in [0.15, 0.2) is 48.5 Å². The largest absolute Gasteiger partial charge is 0.340 e. The van der Waals surface area contributed by atoms with Crippen molar-refractivity contribution in [1.82, 2.24) is 9.97 Å². The van der Waals surface area contributed by atoms with Gasteiger partial charge in [-0.05, 0) is 62.2 Å². The molecule has 0 saturated carbocycles. The van der Waals surface area contributed by atoms with Crippen molar-refractivity contribution in [2.45, 2.75) is 20.8 Å². The van der Waals surface area contributed by atoms with E-state index in [0.717, 1.165) is 5.69 Å². The minimum absolute atomic E-state index is 0.281. The fourth-order valence-electron chi connectivity index (χ4n) is 2.48. The van der Waals surface area contributed by atoms with Gasteiger partial charge in [-0.2, -0.15) is 0 Å². The SMILES string of the molecule is Cc1nc(Nc2ccc(C)c(C)c2)cc(C(=O)Nc2cccc(Cl)c2)n1. The van der Waals surface area contributed by atoms with E-state index in [1.165, 1.54) is 11.1 Å². The van der Waals surface area contributed by atoms with Gasteiger partial charge in [0.2, 0.25) is 0 Å². The minimum atomic E-state index is -0.319. The van der Waals surface area contributed by atoms with Gasteiger partial charge in [0, 0.05) is 22.5 Å². The number of hydrogen-bond acceptors (Lipinski definition) is 4. The van der Waals surface area contributed by atoms with Crippen LogP contribution in [0.1, 0.15) is 27.4 Å². The zero-order chi connectivity index (χ0) is 18.7. The van der Waals surface area contributed by atoms with Crippen molar-refractivity contribution in [3.8, 4) is 0 Å². The number of aromatic nitrogens is 2. The molecule has 0 saturated heterocycles. The number of hydrogen-bond donors (Lipinski definition) is 2. The van der Waals surface area contributed by atoms with E-state index >= 15 is 0 Å². The number of halogens is 1. The fraction of sp³-hybridized carbons (Fsp3) is 0.150. The Morgan fingerprint density at radius 2 is 1.73 bits per heavy atom. The summed E-state index contributed by atoms with van der Waals surface area (Å²) in [6.45, 7) is 5.86. The Balaban J connectivity index is 1.82. The van der Waals surface area contributed by atoms with Crippen LogP contribution in [0.5, 0.6) is 0 Å². The van der Waals surface area contributed by atoms with Crippen LogP contribution in [-0.4, -0.2) is 15.9 Å². The van der Waals surface area contributed by atoms with Crippen molar-refractivity contribution < 1.29 is 4.79 Å². The van der Waals surface area contributed by atoms with E-state index in [2.05, 4.69) is 34.4 Å². The minimum Gasteiger partial charge on any atom is -0.340 e. The van der Waals surface area contributed by atoms with Crippen molar-refractivity contribution in [3.05, 3.63) is 76.2 Å². The number of amides is 1. The first-order chi connectivity index (χ1) is 12.4. The Morgan fingerprint density at radius 3 is 2.46 bits per heavy atom. The molecule has 0 fully saturated rings. The molecule has 26 heavy (non-hydrogen) atoms. The molecule has 6 heteroatoms. The van der Waals surface area contributed by atoms with E-state index in [9.17, 15) is 4.79 Å². The van der Waals surface area contributed by atoms with Gasteiger partial charge in [-0.25, -0.2) is 9.97 Å². The average Bonchev–Trinajstić information content (AvgIpc) is 2.58. The van der Waals surface area contributed by atoms with Crippen LogP contribution in [0.2, 0.25) is 5.02 Å². The molecule has 1 heterocycles. The lowest BCUT2D eigenvalue weighted by molar-refractivity contribution is 0.102. The maximum absolute atomic E-state index is 12.5. The molecule has 1 aromatic heterocycles. The van der Waals surface area contributed by atoms with E-state index in [0.29, 0.717) is 22.4 Å². The molecular weight excluding hydrogens is 348 g/mol. The Hall–Kier alpha value is -2.92. The first kappa shape index (κ1) is 17.9. The summed E-state index contributed by atoms with van der Waals surface area (Å²) in [5, 5.41) is 6.58. The second-order valence-electron chi connectivity index (χ2n) is 6.07. The molecule has 132 valence electrons. The van der Waals surface area contributed by atoms with Gasteiger partial charge in [0.05, 0.1) is 0 Å². The second-order valence-corrected chi connectivity index (χ2v) is 6.51. The third-order valence-corrected chi connectivity index (χ3v) is 4.17. The topological polar surface area (TPSA) is 66.9 Å². The van der Waals surface area contributed by atoms with Crippen molar-refractivity contribution in [1.29, 1.82) is 0 Å². The number of anilines is 3. The number of carbonyl (C=O) groups is 1. The molecule has 3 rings (SSSR count). The lowest BCUT2D eigenvalue weighted by Gasteiger charge is -2.10. The standard InChI is InChI=1S/C20H19ClN4O/c1-12-7-8-17(9-13(12)2)24-19-11-18(22-14(3)23-19)20(26)25-16-6-4-5-15(21)10-16/h4-11H,1-3H3,(H,25,26)(H,22,23,24). The number of benzene rings is 2. The maximum Gasteiger partial charge on any atom is 0.274 e. The van der Waals surface area contributed by atoms with Crippen molar-refractivity contribution in [3.63, 3.8) is 0 Å². The summed E-state index contributed by atoms with van der Waals surface area (Å²) >= 11 is 5.95. The second kappa shape index (κ2) is 7.54. The molecule has 3 aromatic rings. The number of carbonyl (C=O) groups excluding carboxylic acids is 1. The van der Waals surface area contributed by atoms with E-state index in [4.69, 9.17) is 11.6 Å². The normalized spacial score (nSPS) is 10.5. The van der Waals surface area contributed by atoms with Gasteiger partial charge < -0.3 is 10.6 Å². The van der Waals surface area contributed by atoms with Crippen molar-refractivity contribution in [2.24, 2.45) is 0 Å². The Morgan fingerprint density at radius 1 is 0.923 bits per heavy atom. The number of nitrogens with one attached hydrogen (secondary N) is 2. The van der Waals surface area contributed by atoms with Crippen LogP contribution in [-0.2, 0) is 0 Å². The predicted molar refractivity (Wildman–Crippen MR) is 105 cm³/mol. The summed E-state index contributed by atoms with van der Waals surface area (Å²) in [5.41, 5.74) is 4.20. The molecular formula is C20H19ClN4O. The lowest BCUT2D eigenvalue weighted by Crippen LogP contribution is -2.15. The third kappa shape index (κ3) is 4.37. The third-order valence-electron chi connectivity index (χ3n) is 3.93. The molecule has 0 spiro atoms. The van der Waals surface area contributed by atoms with E-state index in [1.54, 1.807) is 37.3 Å². The van der Waals surface area contributed by atoms with E-state index < -0.39 is 0 Å². The summed E-state index contributed by atoms with van der Waals surface area (Å²) in [6, 6.07) is 14.7. The Labute approximate surface area is 157 Å². The van der Waals surface area contributed by atoms with Crippen LogP contribution < -0.4 is 10.6 Å². The van der Waals surface area contributed by atoms with E-state index in [1.807, 2.05) is 18.2 Å². The molecule has 0 bridgehead atoms. The molecule has 0 unspecified atom stereocenters. The summed E-state index contributed by atoms with van der Waals surface area (Å²) in [6.07, 6.45) is 0. The van der Waals surface area contributed by atoms with Crippen LogP contribution in [0, 0.1) is 20.8 Å². The summed E-state index contributed by atoms with van der Waals surface area (Å²) in [4.78, 5) is 21.1. The molecule has 0 radical (unpaired) electrons. The number of aryl methyl sites for hydroxylation is 3. The number of nitrogens with zero attached hydrogens (tertiary/aromatic N) is 2. The quantitative estimate of drug-likeness (QED) is 0.678. The molecule has 1 amide bonds. The van der Waals surface area contributed by atoms with Gasteiger partial charge in [0.15, 0.2) is 0 Å². The Kier molecular flexibility index (Phi) is 5.19. The highest BCUT2D eigenvalue weighted by atomic mass is 35.5. The van der Waals surface area contributed by atoms with Crippen LogP contribution >= 0.6 is 11.6 Å². The summed E-state index contributed by atoms with van der Waals surface area (Å²) in [7, 11) is 0. The summed E-state index contributed by atoms with van der Waals surface area (Å²) < 4.78 is 0. The van der Waals surface area contributed by atoms with Gasteiger partial charge in [-0.15, -0.1) is 0 Å². The zero-order valence-corrected chi connectivity index (χ0v) is 15.6. The summed E-state index contributed by atoms with van der Waals surface area (Å²) in [5.74, 6) is 0.757. The molecule has 2 N–H and O–H groups in total. The first-order valence-electron chi connectivity index (χ1n) is 8.17. The number of rotatable bonds is 4. The molecule has 0 atom stereocenters. The van der Waals surface area contributed by atoms with Crippen molar-refractivity contribution in [2.75, 3.05) is 10.6 Å². The zero-order valence-electron chi connectivity index (χ0n) is 14.8. The smallest absolute Gasteiger partial charge is 0.274 e. The average molecular weight is 367 g/mol. The van der Waals surface area contributed by atoms with Gasteiger partial charge in [0.1, 0.15) is 17.3 Å². The van der Waals surface area contributed by atoms with Gasteiger partial charge in [-0.1, -0.05) is 23.7 Å². The van der Waals surface area contributed by atoms with Crippen LogP contribution in [0.4, 0.5) is 17.2 Å². The molecule has 5 nitrogen and oxygen atoms in total. The molecule has 0 aliphatic heterocycles. The fourth-order valence-corrected chi connectivity index (χ4v) is 2.67. The highest BCUT2D eigenvalue weighted by Gasteiger charge is 2.11. The molecule has 2 aromatic carbocycles. The molecule has 0 aliphatic carbocycles. The predicted octanol–water partition coefficient (Wildman–Crippen LogP) is 5.05. The monoisotopic (exact) mass is 366 g/mol. The van der Waals surface area contributed by atoms with Crippen LogP contribution in [0.25, 0.3) is 0 Å².